The lowest BCUT2D eigenvalue weighted by Gasteiger charge is -2.09. The first-order valence-electron chi connectivity index (χ1n) is 5.89. The molecule has 5 heteroatoms. The molecule has 2 aromatic rings. The summed E-state index contributed by atoms with van der Waals surface area (Å²) in [4.78, 5) is 16.5. The lowest BCUT2D eigenvalue weighted by Crippen LogP contribution is -2.22. The summed E-state index contributed by atoms with van der Waals surface area (Å²) in [5.41, 5.74) is 0.418. The average molecular weight is 282 g/mol. The zero-order valence-corrected chi connectivity index (χ0v) is 11.5. The third-order valence-electron chi connectivity index (χ3n) is 3.18. The molecule has 0 saturated heterocycles. The van der Waals surface area contributed by atoms with Gasteiger partial charge >= 0.3 is 5.97 Å². The van der Waals surface area contributed by atoms with Gasteiger partial charge in [0.2, 0.25) is 0 Å². The quantitative estimate of drug-likeness (QED) is 0.808. The number of thiazole rings is 1. The van der Waals surface area contributed by atoms with Crippen molar-refractivity contribution in [2.45, 2.75) is 25.2 Å². The molecule has 1 aliphatic carbocycles. The summed E-state index contributed by atoms with van der Waals surface area (Å²) in [6.07, 6.45) is 1.67. The Labute approximate surface area is 114 Å². The molecule has 1 aromatic carbocycles. The maximum absolute atomic E-state index is 12.0. The third kappa shape index (κ3) is 1.80. The predicted molar refractivity (Wildman–Crippen MR) is 72.2 cm³/mol. The molecule has 1 aromatic heterocycles. The Morgan fingerprint density at radius 3 is 3.00 bits per heavy atom. The van der Waals surface area contributed by atoms with Crippen molar-refractivity contribution in [3.8, 4) is 0 Å². The number of carbonyl (C=O) groups is 1. The van der Waals surface area contributed by atoms with E-state index in [9.17, 15) is 4.79 Å². The molecular weight excluding hydrogens is 270 g/mol. The molecule has 0 aliphatic heterocycles. The molecule has 0 bridgehead atoms. The van der Waals surface area contributed by atoms with Gasteiger partial charge in [-0.3, -0.25) is 4.79 Å². The van der Waals surface area contributed by atoms with E-state index in [4.69, 9.17) is 16.3 Å². The Hall–Kier alpha value is -1.13. The molecule has 1 saturated carbocycles. The topological polar surface area (TPSA) is 39.2 Å². The van der Waals surface area contributed by atoms with Crippen LogP contribution in [-0.4, -0.2) is 17.6 Å². The summed E-state index contributed by atoms with van der Waals surface area (Å²) in [6, 6.07) is 5.59. The van der Waals surface area contributed by atoms with Gasteiger partial charge < -0.3 is 4.74 Å². The van der Waals surface area contributed by atoms with Gasteiger partial charge in [-0.2, -0.15) is 0 Å². The molecule has 1 heterocycles. The van der Waals surface area contributed by atoms with E-state index < -0.39 is 5.41 Å². The molecule has 18 heavy (non-hydrogen) atoms. The van der Waals surface area contributed by atoms with Crippen LogP contribution in [0, 0.1) is 0 Å². The Bertz CT molecular complexity index is 618. The summed E-state index contributed by atoms with van der Waals surface area (Å²) in [5, 5.41) is 1.55. The Morgan fingerprint density at radius 2 is 2.33 bits per heavy atom. The number of aromatic nitrogens is 1. The van der Waals surface area contributed by atoms with E-state index in [0.29, 0.717) is 11.6 Å². The number of benzene rings is 1. The van der Waals surface area contributed by atoms with Crippen molar-refractivity contribution in [2.75, 3.05) is 6.61 Å². The van der Waals surface area contributed by atoms with Gasteiger partial charge in [0, 0.05) is 5.02 Å². The van der Waals surface area contributed by atoms with Crippen LogP contribution < -0.4 is 0 Å². The second-order valence-corrected chi connectivity index (χ2v) is 5.90. The molecule has 0 radical (unpaired) electrons. The Morgan fingerprint density at radius 1 is 1.56 bits per heavy atom. The predicted octanol–water partition coefficient (Wildman–Crippen LogP) is 3.54. The smallest absolute Gasteiger partial charge is 0.319 e. The first kappa shape index (κ1) is 11.9. The highest BCUT2D eigenvalue weighted by Gasteiger charge is 2.55. The normalized spacial score (nSPS) is 16.8. The summed E-state index contributed by atoms with van der Waals surface area (Å²) in [7, 11) is 0. The average Bonchev–Trinajstić information content (AvgIpc) is 3.05. The van der Waals surface area contributed by atoms with Gasteiger partial charge in [0.1, 0.15) is 10.4 Å². The molecule has 3 nitrogen and oxygen atoms in total. The first-order chi connectivity index (χ1) is 8.65. The van der Waals surface area contributed by atoms with Crippen LogP contribution in [0.4, 0.5) is 0 Å². The van der Waals surface area contributed by atoms with Crippen molar-refractivity contribution in [3.63, 3.8) is 0 Å². The lowest BCUT2D eigenvalue weighted by molar-refractivity contribution is -0.146. The van der Waals surface area contributed by atoms with Crippen molar-refractivity contribution in [1.82, 2.24) is 4.98 Å². The fraction of sp³-hybridized carbons (Fsp3) is 0.385. The number of fused-ring (bicyclic) bond motifs is 1. The standard InChI is InChI=1S/C13H12ClNO2S/c1-2-17-12(16)13(5-6-13)11-15-9-4-3-8(14)7-10(9)18-11/h3-4,7H,2,5-6H2,1H3. The molecule has 0 atom stereocenters. The van der Waals surface area contributed by atoms with Gasteiger partial charge in [0.15, 0.2) is 0 Å². The molecule has 0 N–H and O–H groups in total. The number of rotatable bonds is 3. The number of hydrogen-bond acceptors (Lipinski definition) is 4. The number of esters is 1. The van der Waals surface area contributed by atoms with Gasteiger partial charge in [-0.05, 0) is 38.0 Å². The van der Waals surface area contributed by atoms with Crippen LogP contribution in [0.1, 0.15) is 24.8 Å². The number of nitrogens with zero attached hydrogens (tertiary/aromatic N) is 1. The molecule has 0 amide bonds. The molecule has 1 aliphatic rings. The third-order valence-corrected chi connectivity index (χ3v) is 4.63. The summed E-state index contributed by atoms with van der Waals surface area (Å²) in [6.45, 7) is 2.24. The molecule has 0 spiro atoms. The maximum Gasteiger partial charge on any atom is 0.319 e. The van der Waals surface area contributed by atoms with Gasteiger partial charge in [-0.15, -0.1) is 11.3 Å². The van der Waals surface area contributed by atoms with Crippen LogP contribution in [0.15, 0.2) is 18.2 Å². The second kappa shape index (κ2) is 4.21. The lowest BCUT2D eigenvalue weighted by atomic mass is 10.1. The van der Waals surface area contributed by atoms with Crippen LogP contribution in [0.5, 0.6) is 0 Å². The first-order valence-corrected chi connectivity index (χ1v) is 7.09. The SMILES string of the molecule is CCOC(=O)C1(c2nc3ccc(Cl)cc3s2)CC1. The van der Waals surface area contributed by atoms with E-state index in [-0.39, 0.29) is 5.97 Å². The summed E-state index contributed by atoms with van der Waals surface area (Å²) < 4.78 is 6.17. The maximum atomic E-state index is 12.0. The van der Waals surface area contributed by atoms with Crippen LogP contribution in [-0.2, 0) is 14.9 Å². The highest BCUT2D eigenvalue weighted by molar-refractivity contribution is 7.18. The van der Waals surface area contributed by atoms with Crippen LogP contribution >= 0.6 is 22.9 Å². The zero-order chi connectivity index (χ0) is 12.8. The zero-order valence-electron chi connectivity index (χ0n) is 9.90. The molecular formula is C13H12ClNO2S. The highest BCUT2D eigenvalue weighted by atomic mass is 35.5. The minimum Gasteiger partial charge on any atom is -0.465 e. The van der Waals surface area contributed by atoms with Crippen molar-refractivity contribution in [1.29, 1.82) is 0 Å². The largest absolute Gasteiger partial charge is 0.465 e. The molecule has 3 rings (SSSR count). The van der Waals surface area contributed by atoms with E-state index in [1.165, 1.54) is 11.3 Å². The Kier molecular flexibility index (Phi) is 2.79. The molecule has 94 valence electrons. The van der Waals surface area contributed by atoms with Gasteiger partial charge in [-0.25, -0.2) is 4.98 Å². The van der Waals surface area contributed by atoms with Crippen molar-refractivity contribution in [2.24, 2.45) is 0 Å². The summed E-state index contributed by atoms with van der Waals surface area (Å²) in [5.74, 6) is -0.143. The minimum absolute atomic E-state index is 0.143. The molecule has 0 unspecified atom stereocenters. The summed E-state index contributed by atoms with van der Waals surface area (Å²) >= 11 is 7.50. The molecule has 1 fully saturated rings. The van der Waals surface area contributed by atoms with E-state index in [1.807, 2.05) is 25.1 Å². The number of carbonyl (C=O) groups excluding carboxylic acids is 1. The van der Waals surface area contributed by atoms with E-state index in [2.05, 4.69) is 4.98 Å². The number of hydrogen-bond donors (Lipinski definition) is 0. The number of ether oxygens (including phenoxy) is 1. The van der Waals surface area contributed by atoms with Gasteiger partial charge in [0.25, 0.3) is 0 Å². The monoisotopic (exact) mass is 281 g/mol. The van der Waals surface area contributed by atoms with Crippen LogP contribution in [0.25, 0.3) is 10.2 Å². The minimum atomic E-state index is -0.480. The van der Waals surface area contributed by atoms with Crippen molar-refractivity contribution >= 4 is 39.1 Å². The van der Waals surface area contributed by atoms with Crippen molar-refractivity contribution in [3.05, 3.63) is 28.2 Å². The highest BCUT2D eigenvalue weighted by Crippen LogP contribution is 2.51. The fourth-order valence-electron chi connectivity index (χ4n) is 2.00. The van der Waals surface area contributed by atoms with Gasteiger partial charge in [0.05, 0.1) is 16.8 Å². The van der Waals surface area contributed by atoms with Crippen molar-refractivity contribution < 1.29 is 9.53 Å². The van der Waals surface area contributed by atoms with Gasteiger partial charge in [-0.1, -0.05) is 11.6 Å². The van der Waals surface area contributed by atoms with E-state index in [0.717, 1.165) is 28.1 Å². The number of halogens is 1. The van der Waals surface area contributed by atoms with E-state index in [1.54, 1.807) is 0 Å². The van der Waals surface area contributed by atoms with Crippen LogP contribution in [0.2, 0.25) is 5.02 Å². The van der Waals surface area contributed by atoms with E-state index >= 15 is 0 Å². The van der Waals surface area contributed by atoms with Crippen LogP contribution in [0.3, 0.4) is 0 Å². The fourth-order valence-corrected chi connectivity index (χ4v) is 3.48. The second-order valence-electron chi connectivity index (χ2n) is 4.43. The Balaban J connectivity index is 2.02.